The molecule has 0 rings (SSSR count). The molecule has 0 radical (unpaired) electrons. The van der Waals surface area contributed by atoms with Crippen molar-refractivity contribution in [3.05, 3.63) is 12.7 Å². The number of amides is 2. The molecule has 0 aliphatic rings. The normalized spacial score (nSPS) is 11.6. The molecular formula is C5H8N2O3. The van der Waals surface area contributed by atoms with Gasteiger partial charge in [0, 0.05) is 0 Å². The predicted octanol–water partition coefficient (Wildman–Crippen LogP) is -0.878. The first kappa shape index (κ1) is 8.48. The highest BCUT2D eigenvalue weighted by molar-refractivity contribution is 5.83. The Morgan fingerprint density at radius 2 is 2.00 bits per heavy atom. The fourth-order valence-corrected chi connectivity index (χ4v) is 0.347. The van der Waals surface area contributed by atoms with Gasteiger partial charge in [-0.1, -0.05) is 6.58 Å². The van der Waals surface area contributed by atoms with Crippen LogP contribution >= 0.6 is 0 Å². The summed E-state index contributed by atoms with van der Waals surface area (Å²) in [6.07, 6.45) is -1.09. The van der Waals surface area contributed by atoms with Crippen LogP contribution in [0.15, 0.2) is 12.7 Å². The summed E-state index contributed by atoms with van der Waals surface area (Å²) in [4.78, 5) is 20.3. The molecule has 5 heteroatoms. The predicted molar refractivity (Wildman–Crippen MR) is 33.8 cm³/mol. The van der Waals surface area contributed by atoms with Gasteiger partial charge in [0.25, 0.3) is 5.91 Å². The molecule has 0 heterocycles. The topological polar surface area (TPSA) is 95.4 Å². The molecule has 5 nitrogen and oxygen atoms in total. The summed E-state index contributed by atoms with van der Waals surface area (Å²) >= 11 is 0. The van der Waals surface area contributed by atoms with Crippen LogP contribution < -0.4 is 11.5 Å². The van der Waals surface area contributed by atoms with E-state index in [1.807, 2.05) is 0 Å². The van der Waals surface area contributed by atoms with Gasteiger partial charge in [0.1, 0.15) is 0 Å². The van der Waals surface area contributed by atoms with E-state index in [1.54, 1.807) is 0 Å². The van der Waals surface area contributed by atoms with Crippen molar-refractivity contribution in [2.75, 3.05) is 0 Å². The van der Waals surface area contributed by atoms with Crippen molar-refractivity contribution in [3.8, 4) is 0 Å². The summed E-state index contributed by atoms with van der Waals surface area (Å²) in [5.41, 5.74) is 9.34. The third-order valence-electron chi connectivity index (χ3n) is 0.738. The number of nitrogens with two attached hydrogens (primary N) is 2. The van der Waals surface area contributed by atoms with Gasteiger partial charge in [0.2, 0.25) is 0 Å². The minimum Gasteiger partial charge on any atom is -0.432 e. The molecule has 0 aromatic carbocycles. The minimum absolute atomic E-state index is 0.797. The van der Waals surface area contributed by atoms with Crippen LogP contribution in [0.4, 0.5) is 4.79 Å². The summed E-state index contributed by atoms with van der Waals surface area (Å²) in [7, 11) is 0. The zero-order chi connectivity index (χ0) is 8.15. The molecule has 1 unspecified atom stereocenters. The average molecular weight is 144 g/mol. The van der Waals surface area contributed by atoms with Gasteiger partial charge in [-0.3, -0.25) is 4.79 Å². The maximum Gasteiger partial charge on any atom is 0.405 e. The zero-order valence-corrected chi connectivity index (χ0v) is 5.24. The molecule has 0 aliphatic heterocycles. The monoisotopic (exact) mass is 144 g/mol. The van der Waals surface area contributed by atoms with E-state index in [0.717, 1.165) is 6.08 Å². The third-order valence-corrected chi connectivity index (χ3v) is 0.738. The zero-order valence-electron chi connectivity index (χ0n) is 5.24. The Labute approximate surface area is 57.6 Å². The van der Waals surface area contributed by atoms with E-state index in [-0.39, 0.29) is 0 Å². The number of hydrogen-bond donors (Lipinski definition) is 2. The lowest BCUT2D eigenvalue weighted by Gasteiger charge is -2.06. The number of carbonyl (C=O) groups excluding carboxylic acids is 2. The van der Waals surface area contributed by atoms with E-state index >= 15 is 0 Å². The molecule has 0 saturated carbocycles. The molecule has 1 atom stereocenters. The fourth-order valence-electron chi connectivity index (χ4n) is 0.347. The molecule has 4 N–H and O–H groups in total. The van der Waals surface area contributed by atoms with Gasteiger partial charge in [-0.05, 0) is 6.08 Å². The number of ether oxygens (including phenoxy) is 1. The first-order valence-corrected chi connectivity index (χ1v) is 2.46. The minimum atomic E-state index is -1.13. The highest BCUT2D eigenvalue weighted by atomic mass is 16.6. The van der Waals surface area contributed by atoms with E-state index in [9.17, 15) is 9.59 Å². The molecule has 0 saturated heterocycles. The second-order valence-corrected chi connectivity index (χ2v) is 1.50. The Bertz CT molecular complexity index is 166. The average Bonchev–Trinajstić information content (AvgIpc) is 1.81. The SMILES string of the molecule is C=CC(OC(N)=O)C(N)=O. The molecule has 2 amide bonds. The van der Waals surface area contributed by atoms with E-state index in [0.29, 0.717) is 0 Å². The van der Waals surface area contributed by atoms with Crippen LogP contribution in [0, 0.1) is 0 Å². The van der Waals surface area contributed by atoms with E-state index in [2.05, 4.69) is 17.0 Å². The molecule has 0 spiro atoms. The standard InChI is InChI=1S/C5H8N2O3/c1-2-3(4(6)8)10-5(7)9/h2-3H,1H2,(H2,6,8)(H2,7,9). The van der Waals surface area contributed by atoms with E-state index in [1.165, 1.54) is 0 Å². The van der Waals surface area contributed by atoms with Crippen LogP contribution in [0.5, 0.6) is 0 Å². The third kappa shape index (κ3) is 2.71. The summed E-state index contributed by atoms with van der Waals surface area (Å²) in [5.74, 6) is -0.797. The van der Waals surface area contributed by atoms with Gasteiger partial charge in [0.05, 0.1) is 0 Å². The van der Waals surface area contributed by atoms with Crippen molar-refractivity contribution in [1.82, 2.24) is 0 Å². The summed E-state index contributed by atoms with van der Waals surface area (Å²) in [6, 6.07) is 0. The molecule has 56 valence electrons. The van der Waals surface area contributed by atoms with Gasteiger partial charge in [-0.2, -0.15) is 0 Å². The highest BCUT2D eigenvalue weighted by Crippen LogP contribution is 1.90. The van der Waals surface area contributed by atoms with Gasteiger partial charge < -0.3 is 16.2 Å². The van der Waals surface area contributed by atoms with Crippen molar-refractivity contribution in [3.63, 3.8) is 0 Å². The van der Waals surface area contributed by atoms with Gasteiger partial charge in [-0.15, -0.1) is 0 Å². The molecule has 0 bridgehead atoms. The van der Waals surface area contributed by atoms with Gasteiger partial charge in [-0.25, -0.2) is 4.79 Å². The maximum atomic E-state index is 10.3. The first-order valence-electron chi connectivity index (χ1n) is 2.46. The summed E-state index contributed by atoms with van der Waals surface area (Å²) in [6.45, 7) is 3.20. The Morgan fingerprint density at radius 1 is 1.50 bits per heavy atom. The van der Waals surface area contributed by atoms with Crippen molar-refractivity contribution in [1.29, 1.82) is 0 Å². The van der Waals surface area contributed by atoms with Crippen LogP contribution in [-0.4, -0.2) is 18.1 Å². The van der Waals surface area contributed by atoms with Crippen LogP contribution in [0.1, 0.15) is 0 Å². The van der Waals surface area contributed by atoms with Crippen LogP contribution in [-0.2, 0) is 9.53 Å². The highest BCUT2D eigenvalue weighted by Gasteiger charge is 2.13. The largest absolute Gasteiger partial charge is 0.432 e. The number of primary amides is 2. The first-order chi connectivity index (χ1) is 4.57. The van der Waals surface area contributed by atoms with Crippen LogP contribution in [0.2, 0.25) is 0 Å². The summed E-state index contributed by atoms with van der Waals surface area (Å²) in [5, 5.41) is 0. The lowest BCUT2D eigenvalue weighted by Crippen LogP contribution is -2.33. The lowest BCUT2D eigenvalue weighted by atomic mass is 10.3. The number of carbonyl (C=O) groups is 2. The second kappa shape index (κ2) is 3.49. The maximum absolute atomic E-state index is 10.3. The molecule has 0 aromatic rings. The van der Waals surface area contributed by atoms with E-state index in [4.69, 9.17) is 5.73 Å². The fraction of sp³-hybridized carbons (Fsp3) is 0.200. The Kier molecular flexibility index (Phi) is 2.96. The van der Waals surface area contributed by atoms with Gasteiger partial charge >= 0.3 is 6.09 Å². The van der Waals surface area contributed by atoms with Crippen molar-refractivity contribution < 1.29 is 14.3 Å². The number of rotatable bonds is 3. The molecule has 0 aliphatic carbocycles. The van der Waals surface area contributed by atoms with Gasteiger partial charge in [0.15, 0.2) is 6.10 Å². The van der Waals surface area contributed by atoms with E-state index < -0.39 is 18.1 Å². The lowest BCUT2D eigenvalue weighted by molar-refractivity contribution is -0.123. The van der Waals surface area contributed by atoms with Crippen molar-refractivity contribution in [2.24, 2.45) is 11.5 Å². The van der Waals surface area contributed by atoms with Crippen molar-refractivity contribution in [2.45, 2.75) is 6.10 Å². The van der Waals surface area contributed by atoms with Crippen LogP contribution in [0.3, 0.4) is 0 Å². The summed E-state index contributed by atoms with van der Waals surface area (Å²) < 4.78 is 4.21. The molecular weight excluding hydrogens is 136 g/mol. The Morgan fingerprint density at radius 3 is 2.10 bits per heavy atom. The quantitative estimate of drug-likeness (QED) is 0.503. The smallest absolute Gasteiger partial charge is 0.405 e. The number of hydrogen-bond acceptors (Lipinski definition) is 3. The molecule has 0 fully saturated rings. The van der Waals surface area contributed by atoms with Crippen LogP contribution in [0.25, 0.3) is 0 Å². The Hall–Kier alpha value is -1.52. The molecule has 0 aromatic heterocycles. The second-order valence-electron chi connectivity index (χ2n) is 1.50. The van der Waals surface area contributed by atoms with Crippen molar-refractivity contribution >= 4 is 12.0 Å². The molecule has 10 heavy (non-hydrogen) atoms. The Balaban J connectivity index is 3.96.